The first-order valence-electron chi connectivity index (χ1n) is 10.1. The van der Waals surface area contributed by atoms with Crippen LogP contribution in [-0.2, 0) is 33.9 Å². The molecule has 0 saturated heterocycles. The standard InChI is InChI=1S/C25H24BrNO5/c1-30-24(28)22(27-25(29)32-17-19-11-6-3-7-12-19)15-20-13-8-14-21(26)23(20)31-16-18-9-4-2-5-10-18/h2-14,22H,15-17H2,1H3,(H,27,29)/t22-/m0/s1. The SMILES string of the molecule is COC(=O)[C@H](Cc1cccc(Br)c1OCc1ccccc1)NC(=O)OCc1ccccc1. The van der Waals surface area contributed by atoms with Crippen molar-refractivity contribution in [2.24, 2.45) is 0 Å². The van der Waals surface area contributed by atoms with Gasteiger partial charge in [0.05, 0.1) is 11.6 Å². The Balaban J connectivity index is 1.68. The Kier molecular flexibility index (Phi) is 8.69. The Morgan fingerprint density at radius 2 is 1.50 bits per heavy atom. The van der Waals surface area contributed by atoms with Crippen LogP contribution in [0.15, 0.2) is 83.3 Å². The van der Waals surface area contributed by atoms with Gasteiger partial charge in [0.2, 0.25) is 0 Å². The van der Waals surface area contributed by atoms with Gasteiger partial charge >= 0.3 is 12.1 Å². The highest BCUT2D eigenvalue weighted by atomic mass is 79.9. The molecule has 7 heteroatoms. The molecule has 0 aromatic heterocycles. The second-order valence-electron chi connectivity index (χ2n) is 6.99. The highest BCUT2D eigenvalue weighted by Gasteiger charge is 2.25. The van der Waals surface area contributed by atoms with E-state index in [2.05, 4.69) is 21.2 Å². The normalized spacial score (nSPS) is 11.3. The summed E-state index contributed by atoms with van der Waals surface area (Å²) in [4.78, 5) is 24.7. The largest absolute Gasteiger partial charge is 0.487 e. The first-order valence-corrected chi connectivity index (χ1v) is 10.8. The van der Waals surface area contributed by atoms with Gasteiger partial charge < -0.3 is 19.5 Å². The number of hydrogen-bond acceptors (Lipinski definition) is 5. The lowest BCUT2D eigenvalue weighted by atomic mass is 10.0. The molecule has 1 amide bonds. The number of amides is 1. The second-order valence-corrected chi connectivity index (χ2v) is 7.84. The monoisotopic (exact) mass is 497 g/mol. The fraction of sp³-hybridized carbons (Fsp3) is 0.200. The highest BCUT2D eigenvalue weighted by molar-refractivity contribution is 9.10. The molecule has 1 N–H and O–H groups in total. The fourth-order valence-electron chi connectivity index (χ4n) is 3.07. The van der Waals surface area contributed by atoms with Crippen molar-refractivity contribution in [3.8, 4) is 5.75 Å². The molecule has 0 fully saturated rings. The summed E-state index contributed by atoms with van der Waals surface area (Å²) in [5.74, 6) is 0.0281. The molecule has 0 aliphatic heterocycles. The third-order valence-corrected chi connectivity index (χ3v) is 5.31. The average Bonchev–Trinajstić information content (AvgIpc) is 2.82. The molecule has 0 heterocycles. The minimum atomic E-state index is -0.934. The molecule has 0 bridgehead atoms. The fourth-order valence-corrected chi connectivity index (χ4v) is 3.59. The van der Waals surface area contributed by atoms with Gasteiger partial charge in [-0.25, -0.2) is 9.59 Å². The summed E-state index contributed by atoms with van der Waals surface area (Å²) in [5, 5.41) is 2.60. The molecule has 0 saturated carbocycles. The molecule has 166 valence electrons. The van der Waals surface area contributed by atoms with Gasteiger partial charge in [-0.2, -0.15) is 0 Å². The van der Waals surface area contributed by atoms with Gasteiger partial charge in [0.25, 0.3) is 0 Å². The van der Waals surface area contributed by atoms with Gasteiger partial charge in [-0.05, 0) is 38.7 Å². The number of carbonyl (C=O) groups excluding carboxylic acids is 2. The quantitative estimate of drug-likeness (QED) is 0.419. The van der Waals surface area contributed by atoms with Crippen molar-refractivity contribution in [2.75, 3.05) is 7.11 Å². The second kappa shape index (κ2) is 11.9. The van der Waals surface area contributed by atoms with E-state index < -0.39 is 18.1 Å². The number of carbonyl (C=O) groups is 2. The predicted molar refractivity (Wildman–Crippen MR) is 124 cm³/mol. The zero-order valence-corrected chi connectivity index (χ0v) is 19.2. The van der Waals surface area contributed by atoms with Crippen LogP contribution >= 0.6 is 15.9 Å². The number of esters is 1. The summed E-state index contributed by atoms with van der Waals surface area (Å²) < 4.78 is 16.9. The van der Waals surface area contributed by atoms with E-state index in [9.17, 15) is 9.59 Å². The summed E-state index contributed by atoms with van der Waals surface area (Å²) in [6.45, 7) is 0.467. The van der Waals surface area contributed by atoms with Crippen LogP contribution in [0.3, 0.4) is 0 Å². The third-order valence-electron chi connectivity index (χ3n) is 4.69. The van der Waals surface area contributed by atoms with Crippen LogP contribution in [0, 0.1) is 0 Å². The lowest BCUT2D eigenvalue weighted by Gasteiger charge is -2.19. The molecule has 0 unspecified atom stereocenters. The van der Waals surface area contributed by atoms with Crippen molar-refractivity contribution in [3.05, 3.63) is 100 Å². The minimum absolute atomic E-state index is 0.100. The van der Waals surface area contributed by atoms with Crippen LogP contribution in [-0.4, -0.2) is 25.2 Å². The Morgan fingerprint density at radius 3 is 2.12 bits per heavy atom. The predicted octanol–water partition coefficient (Wildman–Crippen LogP) is 5.04. The number of hydrogen-bond donors (Lipinski definition) is 1. The number of methoxy groups -OCH3 is 1. The topological polar surface area (TPSA) is 73.9 Å². The van der Waals surface area contributed by atoms with Gasteiger partial charge in [-0.1, -0.05) is 72.8 Å². The molecule has 0 aliphatic carbocycles. The third kappa shape index (κ3) is 6.85. The van der Waals surface area contributed by atoms with Gasteiger partial charge in [0, 0.05) is 6.42 Å². The number of benzene rings is 3. The molecule has 0 spiro atoms. The van der Waals surface area contributed by atoms with Crippen molar-refractivity contribution in [1.29, 1.82) is 0 Å². The Bertz CT molecular complexity index is 1030. The maximum atomic E-state index is 12.4. The number of alkyl carbamates (subject to hydrolysis) is 1. The van der Waals surface area contributed by atoms with E-state index in [1.54, 1.807) is 0 Å². The van der Waals surface area contributed by atoms with Gasteiger partial charge in [-0.15, -0.1) is 0 Å². The first-order chi connectivity index (χ1) is 15.6. The zero-order valence-electron chi connectivity index (χ0n) is 17.6. The summed E-state index contributed by atoms with van der Waals surface area (Å²) in [6.07, 6.45) is -0.526. The molecule has 1 atom stereocenters. The van der Waals surface area contributed by atoms with Crippen molar-refractivity contribution in [2.45, 2.75) is 25.7 Å². The van der Waals surface area contributed by atoms with E-state index in [0.717, 1.165) is 21.2 Å². The average molecular weight is 498 g/mol. The molecule has 3 rings (SSSR count). The summed E-state index contributed by atoms with van der Waals surface area (Å²) in [6, 6.07) is 23.7. The number of nitrogens with one attached hydrogen (secondary N) is 1. The summed E-state index contributed by atoms with van der Waals surface area (Å²) in [7, 11) is 1.28. The molecular weight excluding hydrogens is 474 g/mol. The van der Waals surface area contributed by atoms with Crippen LogP contribution in [0.25, 0.3) is 0 Å². The van der Waals surface area contributed by atoms with Crippen molar-refractivity contribution >= 4 is 28.0 Å². The number of para-hydroxylation sites is 1. The molecule has 3 aromatic carbocycles. The van der Waals surface area contributed by atoms with E-state index in [1.165, 1.54) is 7.11 Å². The van der Waals surface area contributed by atoms with Crippen molar-refractivity contribution < 1.29 is 23.8 Å². The lowest BCUT2D eigenvalue weighted by molar-refractivity contribution is -0.143. The van der Waals surface area contributed by atoms with E-state index in [-0.39, 0.29) is 13.0 Å². The maximum absolute atomic E-state index is 12.4. The number of halogens is 1. The summed E-state index contributed by atoms with van der Waals surface area (Å²) >= 11 is 3.51. The first kappa shape index (κ1) is 23.3. The molecule has 6 nitrogen and oxygen atoms in total. The van der Waals surface area contributed by atoms with Crippen LogP contribution < -0.4 is 10.1 Å². The van der Waals surface area contributed by atoms with Crippen molar-refractivity contribution in [1.82, 2.24) is 5.32 Å². The zero-order chi connectivity index (χ0) is 22.8. The molecule has 0 radical (unpaired) electrons. The minimum Gasteiger partial charge on any atom is -0.487 e. The van der Waals surface area contributed by atoms with Gasteiger partial charge in [0.1, 0.15) is 25.0 Å². The Hall–Kier alpha value is -3.32. The van der Waals surface area contributed by atoms with Crippen LogP contribution in [0.2, 0.25) is 0 Å². The van der Waals surface area contributed by atoms with E-state index in [1.807, 2.05) is 78.9 Å². The molecular formula is C25H24BrNO5. The highest BCUT2D eigenvalue weighted by Crippen LogP contribution is 2.31. The van der Waals surface area contributed by atoms with Gasteiger partial charge in [0.15, 0.2) is 0 Å². The lowest BCUT2D eigenvalue weighted by Crippen LogP contribution is -2.43. The van der Waals surface area contributed by atoms with Crippen LogP contribution in [0.1, 0.15) is 16.7 Å². The molecule has 3 aromatic rings. The Morgan fingerprint density at radius 1 is 0.875 bits per heavy atom. The van der Waals surface area contributed by atoms with Crippen molar-refractivity contribution in [3.63, 3.8) is 0 Å². The molecule has 0 aliphatic rings. The Labute approximate surface area is 195 Å². The molecule has 32 heavy (non-hydrogen) atoms. The number of ether oxygens (including phenoxy) is 3. The van der Waals surface area contributed by atoms with E-state index >= 15 is 0 Å². The van der Waals surface area contributed by atoms with E-state index in [0.29, 0.717) is 12.4 Å². The van der Waals surface area contributed by atoms with Crippen LogP contribution in [0.5, 0.6) is 5.75 Å². The van der Waals surface area contributed by atoms with Crippen LogP contribution in [0.4, 0.5) is 4.79 Å². The number of rotatable bonds is 9. The summed E-state index contributed by atoms with van der Waals surface area (Å²) in [5.41, 5.74) is 2.61. The maximum Gasteiger partial charge on any atom is 0.408 e. The van der Waals surface area contributed by atoms with Gasteiger partial charge in [-0.3, -0.25) is 0 Å². The van der Waals surface area contributed by atoms with E-state index in [4.69, 9.17) is 14.2 Å². The smallest absolute Gasteiger partial charge is 0.408 e.